The van der Waals surface area contributed by atoms with Gasteiger partial charge in [0.15, 0.2) is 0 Å². The van der Waals surface area contributed by atoms with Gasteiger partial charge in [-0.25, -0.2) is 0 Å². The van der Waals surface area contributed by atoms with Gasteiger partial charge in [-0.1, -0.05) is 25.5 Å². The molecule has 0 radical (unpaired) electrons. The lowest BCUT2D eigenvalue weighted by atomic mass is 10.0. The summed E-state index contributed by atoms with van der Waals surface area (Å²) in [4.78, 5) is 25.1. The molecule has 0 spiro atoms. The lowest BCUT2D eigenvalue weighted by Gasteiger charge is -2.22. The summed E-state index contributed by atoms with van der Waals surface area (Å²) < 4.78 is 5.56. The van der Waals surface area contributed by atoms with Crippen LogP contribution in [0.4, 0.5) is 0 Å². The molecule has 3 rings (SSSR count). The summed E-state index contributed by atoms with van der Waals surface area (Å²) in [5, 5.41) is 13.3. The summed E-state index contributed by atoms with van der Waals surface area (Å²) >= 11 is 0. The minimum Gasteiger partial charge on any atom is -0.492 e. The molecule has 1 aromatic rings. The predicted octanol–water partition coefficient (Wildman–Crippen LogP) is 1.94. The molecule has 24 heavy (non-hydrogen) atoms. The molecule has 126 valence electrons. The van der Waals surface area contributed by atoms with Crippen LogP contribution in [0.3, 0.4) is 0 Å². The summed E-state index contributed by atoms with van der Waals surface area (Å²) in [5.41, 5.74) is 0.584. The van der Waals surface area contributed by atoms with Crippen molar-refractivity contribution in [2.45, 2.75) is 31.8 Å². The third-order valence-electron chi connectivity index (χ3n) is 4.05. The summed E-state index contributed by atoms with van der Waals surface area (Å²) in [6, 6.07) is 5.42. The van der Waals surface area contributed by atoms with Crippen molar-refractivity contribution in [3.05, 3.63) is 41.1 Å². The number of rotatable bonds is 5. The van der Waals surface area contributed by atoms with E-state index in [1.165, 1.54) is 7.05 Å². The molecule has 2 aliphatic heterocycles. The molecule has 7 heteroatoms. The Kier molecular flexibility index (Phi) is 4.33. The Morgan fingerprint density at radius 3 is 2.96 bits per heavy atom. The van der Waals surface area contributed by atoms with E-state index in [1.54, 1.807) is 12.1 Å². The molecule has 7 nitrogen and oxygen atoms in total. The van der Waals surface area contributed by atoms with Crippen LogP contribution in [0, 0.1) is 0 Å². The highest BCUT2D eigenvalue weighted by molar-refractivity contribution is 6.02. The fourth-order valence-electron chi connectivity index (χ4n) is 2.87. The van der Waals surface area contributed by atoms with E-state index >= 15 is 0 Å². The first-order chi connectivity index (χ1) is 11.6. The molecule has 1 unspecified atom stereocenters. The number of fused-ring (bicyclic) bond motifs is 1. The largest absolute Gasteiger partial charge is 0.492 e. The number of nitrogens with one attached hydrogen (secondary N) is 2. The molecular formula is C17H20N4O3. The molecular weight excluding hydrogens is 308 g/mol. The van der Waals surface area contributed by atoms with Gasteiger partial charge in [0.2, 0.25) is 0 Å². The zero-order valence-electron chi connectivity index (χ0n) is 13.8. The van der Waals surface area contributed by atoms with Crippen LogP contribution >= 0.6 is 0 Å². The zero-order valence-corrected chi connectivity index (χ0v) is 13.8. The van der Waals surface area contributed by atoms with E-state index in [0.29, 0.717) is 30.0 Å². The van der Waals surface area contributed by atoms with Crippen LogP contribution in [-0.4, -0.2) is 31.1 Å². The fraction of sp³-hybridized carbons (Fsp3) is 0.412. The van der Waals surface area contributed by atoms with E-state index in [1.807, 2.05) is 19.1 Å². The first-order valence-electron chi connectivity index (χ1n) is 8.03. The van der Waals surface area contributed by atoms with E-state index in [9.17, 15) is 9.59 Å². The van der Waals surface area contributed by atoms with E-state index in [4.69, 9.17) is 4.74 Å². The molecule has 2 N–H and O–H groups in total. The topological polar surface area (TPSA) is 92.1 Å². The molecule has 2 amide bonds. The average Bonchev–Trinajstić information content (AvgIpc) is 3.21. The Balaban J connectivity index is 1.90. The molecule has 0 bridgehead atoms. The quantitative estimate of drug-likeness (QED) is 0.865. The van der Waals surface area contributed by atoms with Crippen molar-refractivity contribution < 1.29 is 14.3 Å². The maximum absolute atomic E-state index is 12.7. The van der Waals surface area contributed by atoms with Crippen molar-refractivity contribution in [2.24, 2.45) is 10.2 Å². The van der Waals surface area contributed by atoms with Gasteiger partial charge in [0, 0.05) is 13.5 Å². The molecule has 0 saturated carbocycles. The molecule has 0 saturated heterocycles. The average molecular weight is 328 g/mol. The number of allylic oxidation sites excluding steroid dienone is 1. The molecule has 0 aliphatic carbocycles. The maximum atomic E-state index is 12.7. The van der Waals surface area contributed by atoms with Crippen LogP contribution in [0.5, 0.6) is 5.75 Å². The number of azo groups is 1. The molecule has 2 heterocycles. The number of para-hydroxylation sites is 1. The lowest BCUT2D eigenvalue weighted by Crippen LogP contribution is -2.55. The van der Waals surface area contributed by atoms with Crippen LogP contribution in [0.2, 0.25) is 0 Å². The number of likely N-dealkylation sites (N-methyl/N-ethyl adjacent to an activating group) is 1. The monoisotopic (exact) mass is 328 g/mol. The van der Waals surface area contributed by atoms with Crippen LogP contribution in [0.25, 0.3) is 0 Å². The fourth-order valence-corrected chi connectivity index (χ4v) is 2.87. The van der Waals surface area contributed by atoms with Crippen molar-refractivity contribution in [1.29, 1.82) is 0 Å². The molecule has 2 aliphatic rings. The minimum atomic E-state index is -1.50. The minimum absolute atomic E-state index is 0.404. The zero-order chi connectivity index (χ0) is 17.2. The van der Waals surface area contributed by atoms with E-state index in [0.717, 1.165) is 18.4 Å². The maximum Gasteiger partial charge on any atom is 0.274 e. The molecule has 0 aromatic heterocycles. The van der Waals surface area contributed by atoms with Gasteiger partial charge in [0.25, 0.3) is 17.5 Å². The molecule has 0 fully saturated rings. The van der Waals surface area contributed by atoms with Gasteiger partial charge < -0.3 is 15.4 Å². The summed E-state index contributed by atoms with van der Waals surface area (Å²) in [5.74, 6) is -0.265. The van der Waals surface area contributed by atoms with Crippen LogP contribution < -0.4 is 15.4 Å². The first kappa shape index (κ1) is 16.2. The number of nitrogens with zero attached hydrogens (tertiary/aromatic N) is 2. The highest BCUT2D eigenvalue weighted by Crippen LogP contribution is 2.31. The normalized spacial score (nSPS) is 21.0. The van der Waals surface area contributed by atoms with Crippen molar-refractivity contribution >= 4 is 11.8 Å². The standard InChI is InChI=1S/C17H20N4O3/c1-3-5-12-10-17(21-20-12,16(23)18-2)19-15(22)13-7-4-6-11-8-9-24-14(11)13/h4,6-7,10H,3,5,8-9H2,1-2H3,(H,18,23)(H,19,22). The first-order valence-corrected chi connectivity index (χ1v) is 8.03. The Hall–Kier alpha value is -2.70. The highest BCUT2D eigenvalue weighted by atomic mass is 16.5. The van der Waals surface area contributed by atoms with Gasteiger partial charge in [-0.2, -0.15) is 5.11 Å². The molecule has 1 atom stereocenters. The SMILES string of the molecule is CCCC1=CC(NC(=O)c2cccc3c2OCC3)(C(=O)NC)N=N1. The van der Waals surface area contributed by atoms with Crippen molar-refractivity contribution in [3.63, 3.8) is 0 Å². The third-order valence-corrected chi connectivity index (χ3v) is 4.05. The van der Waals surface area contributed by atoms with E-state index < -0.39 is 17.5 Å². The van der Waals surface area contributed by atoms with Crippen LogP contribution in [-0.2, 0) is 11.2 Å². The number of hydrogen-bond donors (Lipinski definition) is 2. The van der Waals surface area contributed by atoms with Gasteiger partial charge in [-0.05, 0) is 24.1 Å². The number of ether oxygens (including phenoxy) is 1. The van der Waals surface area contributed by atoms with Crippen LogP contribution in [0.15, 0.2) is 40.2 Å². The number of amides is 2. The summed E-state index contributed by atoms with van der Waals surface area (Å²) in [6.07, 6.45) is 3.96. The second-order valence-electron chi connectivity index (χ2n) is 5.78. The Morgan fingerprint density at radius 2 is 2.21 bits per heavy atom. The number of carbonyl (C=O) groups excluding carboxylic acids is 2. The number of hydrogen-bond acceptors (Lipinski definition) is 5. The second-order valence-corrected chi connectivity index (χ2v) is 5.78. The van der Waals surface area contributed by atoms with E-state index in [2.05, 4.69) is 20.9 Å². The van der Waals surface area contributed by atoms with Crippen molar-refractivity contribution in [3.8, 4) is 5.75 Å². The predicted molar refractivity (Wildman–Crippen MR) is 87.8 cm³/mol. The third kappa shape index (κ3) is 2.77. The Bertz CT molecular complexity index is 741. The van der Waals surface area contributed by atoms with Crippen molar-refractivity contribution in [1.82, 2.24) is 10.6 Å². The second kappa shape index (κ2) is 6.43. The van der Waals surface area contributed by atoms with Gasteiger partial charge in [0.1, 0.15) is 5.75 Å². The van der Waals surface area contributed by atoms with Gasteiger partial charge in [0.05, 0.1) is 17.9 Å². The Morgan fingerprint density at radius 1 is 1.38 bits per heavy atom. The Labute approximate surface area is 140 Å². The lowest BCUT2D eigenvalue weighted by molar-refractivity contribution is -0.124. The summed E-state index contributed by atoms with van der Waals surface area (Å²) in [6.45, 7) is 2.57. The highest BCUT2D eigenvalue weighted by Gasteiger charge is 2.42. The molecule has 1 aromatic carbocycles. The van der Waals surface area contributed by atoms with Gasteiger partial charge >= 0.3 is 0 Å². The number of carbonyl (C=O) groups is 2. The van der Waals surface area contributed by atoms with Crippen molar-refractivity contribution in [2.75, 3.05) is 13.7 Å². The van der Waals surface area contributed by atoms with Gasteiger partial charge in [-0.15, -0.1) is 5.11 Å². The summed E-state index contributed by atoms with van der Waals surface area (Å²) in [7, 11) is 1.50. The van der Waals surface area contributed by atoms with Gasteiger partial charge in [-0.3, -0.25) is 9.59 Å². The smallest absolute Gasteiger partial charge is 0.274 e. The van der Waals surface area contributed by atoms with E-state index in [-0.39, 0.29) is 0 Å². The number of benzene rings is 1. The van der Waals surface area contributed by atoms with Crippen LogP contribution in [0.1, 0.15) is 35.7 Å².